The molecule has 2 heterocycles. The predicted octanol–water partition coefficient (Wildman–Crippen LogP) is 1.81. The number of halogens is 3. The highest BCUT2D eigenvalue weighted by Crippen LogP contribution is 2.45. The molecule has 2 aliphatic heterocycles. The van der Waals surface area contributed by atoms with Crippen molar-refractivity contribution >= 4 is 11.9 Å². The number of alkyl halides is 3. The number of aliphatic carboxylic acids is 1. The van der Waals surface area contributed by atoms with Gasteiger partial charge in [0.25, 0.3) is 0 Å². The van der Waals surface area contributed by atoms with Gasteiger partial charge in [-0.2, -0.15) is 13.2 Å². The standard InChI is InChI=1S/C13H18F3NO4/c14-13(15,16)12(11(19)20)4-5-17(8-12)10(18)7-9-3-1-2-6-21-9/h9H,1-8H2,(H,19,20). The van der Waals surface area contributed by atoms with E-state index < -0.39 is 36.4 Å². The molecule has 0 aromatic rings. The minimum atomic E-state index is -4.87. The lowest BCUT2D eigenvalue weighted by Gasteiger charge is -2.28. The summed E-state index contributed by atoms with van der Waals surface area (Å²) in [7, 11) is 0. The van der Waals surface area contributed by atoms with E-state index in [1.165, 1.54) is 0 Å². The van der Waals surface area contributed by atoms with Crippen LogP contribution in [0.5, 0.6) is 0 Å². The number of rotatable bonds is 3. The summed E-state index contributed by atoms with van der Waals surface area (Å²) in [6.45, 7) is -0.436. The maximum Gasteiger partial charge on any atom is 0.406 e. The van der Waals surface area contributed by atoms with Crippen molar-refractivity contribution in [2.45, 2.75) is 44.4 Å². The van der Waals surface area contributed by atoms with Crippen molar-refractivity contribution in [1.29, 1.82) is 0 Å². The quantitative estimate of drug-likeness (QED) is 0.863. The molecule has 0 spiro atoms. The third-order valence-corrected chi connectivity index (χ3v) is 4.25. The largest absolute Gasteiger partial charge is 0.481 e. The molecule has 0 bridgehead atoms. The van der Waals surface area contributed by atoms with Crippen molar-refractivity contribution in [3.63, 3.8) is 0 Å². The van der Waals surface area contributed by atoms with E-state index in [2.05, 4.69) is 0 Å². The molecule has 0 radical (unpaired) electrons. The second-order valence-electron chi connectivity index (χ2n) is 5.64. The normalized spacial score (nSPS) is 30.4. The molecule has 2 atom stereocenters. The minimum Gasteiger partial charge on any atom is -0.481 e. The number of carboxylic acid groups (broad SMARTS) is 1. The number of carbonyl (C=O) groups excluding carboxylic acids is 1. The van der Waals surface area contributed by atoms with Gasteiger partial charge in [-0.1, -0.05) is 0 Å². The van der Waals surface area contributed by atoms with Gasteiger partial charge in [0.05, 0.1) is 12.5 Å². The first-order chi connectivity index (χ1) is 9.76. The molecule has 0 aromatic heterocycles. The van der Waals surface area contributed by atoms with Gasteiger partial charge >= 0.3 is 12.1 Å². The van der Waals surface area contributed by atoms with E-state index in [1.54, 1.807) is 0 Å². The van der Waals surface area contributed by atoms with Gasteiger partial charge in [0.15, 0.2) is 5.41 Å². The molecule has 0 saturated carbocycles. The van der Waals surface area contributed by atoms with Crippen molar-refractivity contribution in [3.8, 4) is 0 Å². The van der Waals surface area contributed by atoms with E-state index in [0.717, 1.165) is 17.7 Å². The van der Waals surface area contributed by atoms with Crippen LogP contribution in [0.1, 0.15) is 32.1 Å². The van der Waals surface area contributed by atoms with Crippen LogP contribution in [0.4, 0.5) is 13.2 Å². The summed E-state index contributed by atoms with van der Waals surface area (Å²) in [5.41, 5.74) is -2.84. The molecular weight excluding hydrogens is 291 g/mol. The number of amides is 1. The Bertz CT molecular complexity index is 420. The molecule has 21 heavy (non-hydrogen) atoms. The number of nitrogens with zero attached hydrogens (tertiary/aromatic N) is 1. The number of likely N-dealkylation sites (tertiary alicyclic amines) is 1. The van der Waals surface area contributed by atoms with Crippen LogP contribution in [0.2, 0.25) is 0 Å². The fourth-order valence-electron chi connectivity index (χ4n) is 2.84. The van der Waals surface area contributed by atoms with Gasteiger partial charge in [-0.25, -0.2) is 0 Å². The van der Waals surface area contributed by atoms with Crippen LogP contribution >= 0.6 is 0 Å². The fourth-order valence-corrected chi connectivity index (χ4v) is 2.84. The number of hydrogen-bond acceptors (Lipinski definition) is 3. The average molecular weight is 309 g/mol. The lowest BCUT2D eigenvalue weighted by atomic mass is 9.86. The summed E-state index contributed by atoms with van der Waals surface area (Å²) >= 11 is 0. The van der Waals surface area contributed by atoms with Crippen molar-refractivity contribution < 1.29 is 32.6 Å². The van der Waals surface area contributed by atoms with Crippen molar-refractivity contribution in [3.05, 3.63) is 0 Å². The van der Waals surface area contributed by atoms with Gasteiger partial charge in [0.2, 0.25) is 5.91 Å². The number of hydrogen-bond donors (Lipinski definition) is 1. The van der Waals surface area contributed by atoms with Crippen molar-refractivity contribution in [2.75, 3.05) is 19.7 Å². The van der Waals surface area contributed by atoms with E-state index >= 15 is 0 Å². The summed E-state index contributed by atoms with van der Waals surface area (Å²) in [6, 6.07) is 0. The Morgan fingerprint density at radius 3 is 2.52 bits per heavy atom. The van der Waals surface area contributed by atoms with Crippen LogP contribution in [0.15, 0.2) is 0 Å². The van der Waals surface area contributed by atoms with Gasteiger partial charge in [-0.3, -0.25) is 9.59 Å². The second-order valence-corrected chi connectivity index (χ2v) is 5.64. The van der Waals surface area contributed by atoms with E-state index in [0.29, 0.717) is 13.0 Å². The van der Waals surface area contributed by atoms with Crippen LogP contribution in [-0.2, 0) is 14.3 Å². The van der Waals surface area contributed by atoms with Gasteiger partial charge in [-0.15, -0.1) is 0 Å². The van der Waals surface area contributed by atoms with Crippen LogP contribution in [0.25, 0.3) is 0 Å². The molecule has 5 nitrogen and oxygen atoms in total. The Morgan fingerprint density at radius 2 is 2.05 bits per heavy atom. The Balaban J connectivity index is 2.00. The molecule has 120 valence electrons. The third kappa shape index (κ3) is 3.14. The van der Waals surface area contributed by atoms with Gasteiger partial charge < -0.3 is 14.7 Å². The topological polar surface area (TPSA) is 66.8 Å². The first kappa shape index (κ1) is 16.1. The zero-order valence-corrected chi connectivity index (χ0v) is 11.5. The fraction of sp³-hybridized carbons (Fsp3) is 0.846. The van der Waals surface area contributed by atoms with Crippen LogP contribution in [0, 0.1) is 5.41 Å². The molecule has 1 N–H and O–H groups in total. The molecular formula is C13H18F3NO4. The summed E-state index contributed by atoms with van der Waals surface area (Å²) in [5.74, 6) is -2.38. The molecule has 2 fully saturated rings. The number of ether oxygens (including phenoxy) is 1. The summed E-state index contributed by atoms with van der Waals surface area (Å²) < 4.78 is 44.4. The highest BCUT2D eigenvalue weighted by Gasteiger charge is 2.64. The van der Waals surface area contributed by atoms with Gasteiger partial charge in [-0.05, 0) is 25.7 Å². The SMILES string of the molecule is O=C(CC1CCCCO1)N1CCC(C(=O)O)(C(F)(F)F)C1. The Hall–Kier alpha value is -1.31. The minimum absolute atomic E-state index is 0.0214. The third-order valence-electron chi connectivity index (χ3n) is 4.25. The van der Waals surface area contributed by atoms with Gasteiger partial charge in [0, 0.05) is 19.7 Å². The second kappa shape index (κ2) is 5.82. The van der Waals surface area contributed by atoms with Gasteiger partial charge in [0.1, 0.15) is 0 Å². The van der Waals surface area contributed by atoms with Crippen LogP contribution in [-0.4, -0.2) is 53.9 Å². The molecule has 2 rings (SSSR count). The predicted molar refractivity (Wildman–Crippen MR) is 65.5 cm³/mol. The van der Waals surface area contributed by atoms with E-state index in [1.807, 2.05) is 0 Å². The highest BCUT2D eigenvalue weighted by molar-refractivity contribution is 5.81. The molecule has 2 aliphatic rings. The lowest BCUT2D eigenvalue weighted by molar-refractivity contribution is -0.227. The number of carbonyl (C=O) groups is 2. The molecule has 0 aliphatic carbocycles. The summed E-state index contributed by atoms with van der Waals surface area (Å²) in [4.78, 5) is 24.1. The van der Waals surface area contributed by atoms with Crippen LogP contribution in [0.3, 0.4) is 0 Å². The average Bonchev–Trinajstić information content (AvgIpc) is 2.86. The Morgan fingerprint density at radius 1 is 1.33 bits per heavy atom. The first-order valence-corrected chi connectivity index (χ1v) is 6.96. The maximum atomic E-state index is 13.0. The van der Waals surface area contributed by atoms with Crippen molar-refractivity contribution in [1.82, 2.24) is 4.90 Å². The Labute approximate surface area is 120 Å². The molecule has 8 heteroatoms. The van der Waals surface area contributed by atoms with E-state index in [4.69, 9.17) is 9.84 Å². The van der Waals surface area contributed by atoms with Crippen molar-refractivity contribution in [2.24, 2.45) is 5.41 Å². The smallest absolute Gasteiger partial charge is 0.406 e. The monoisotopic (exact) mass is 309 g/mol. The summed E-state index contributed by atoms with van der Waals surface area (Å²) in [6.07, 6.45) is -3.14. The van der Waals surface area contributed by atoms with E-state index in [9.17, 15) is 22.8 Å². The molecule has 0 aromatic carbocycles. The zero-order valence-electron chi connectivity index (χ0n) is 11.5. The Kier molecular flexibility index (Phi) is 4.46. The number of carboxylic acids is 1. The highest BCUT2D eigenvalue weighted by atomic mass is 19.4. The lowest BCUT2D eigenvalue weighted by Crippen LogP contribution is -2.48. The first-order valence-electron chi connectivity index (χ1n) is 6.96. The van der Waals surface area contributed by atoms with E-state index in [-0.39, 0.29) is 19.1 Å². The maximum absolute atomic E-state index is 13.0. The molecule has 2 saturated heterocycles. The zero-order chi connectivity index (χ0) is 15.7. The molecule has 1 amide bonds. The molecule has 2 unspecified atom stereocenters. The van der Waals surface area contributed by atoms with Crippen LogP contribution < -0.4 is 0 Å². The summed E-state index contributed by atoms with van der Waals surface area (Å²) in [5, 5.41) is 8.94.